The number of anilines is 1. The summed E-state index contributed by atoms with van der Waals surface area (Å²) in [6, 6.07) is 7.36. The number of nitrogens with two attached hydrogens (primary N) is 1. The summed E-state index contributed by atoms with van der Waals surface area (Å²) in [5, 5.41) is 3.33. The Balaban J connectivity index is 1.51. The van der Waals surface area contributed by atoms with Crippen molar-refractivity contribution in [1.29, 1.82) is 0 Å². The van der Waals surface area contributed by atoms with E-state index in [2.05, 4.69) is 12.2 Å². The molecule has 1 aliphatic carbocycles. The van der Waals surface area contributed by atoms with E-state index in [0.717, 1.165) is 35.3 Å². The largest absolute Gasteiger partial charge is 0.365 e. The average molecular weight is 383 g/mol. The molecule has 1 aliphatic heterocycles. The molecule has 27 heavy (non-hydrogen) atoms. The molecule has 0 saturated carbocycles. The van der Waals surface area contributed by atoms with Gasteiger partial charge in [0.2, 0.25) is 5.91 Å². The first-order valence-electron chi connectivity index (χ1n) is 9.05. The van der Waals surface area contributed by atoms with Gasteiger partial charge in [0.05, 0.1) is 5.56 Å². The van der Waals surface area contributed by atoms with E-state index in [0.29, 0.717) is 28.6 Å². The maximum atomic E-state index is 12.6. The molecule has 3 amide bonds. The third-order valence-corrected chi connectivity index (χ3v) is 6.41. The molecule has 7 heteroatoms. The second-order valence-corrected chi connectivity index (χ2v) is 8.39. The van der Waals surface area contributed by atoms with Crippen molar-refractivity contribution in [3.63, 3.8) is 0 Å². The first-order chi connectivity index (χ1) is 12.9. The molecule has 1 unspecified atom stereocenters. The van der Waals surface area contributed by atoms with Crippen LogP contribution in [0.4, 0.5) is 5.00 Å². The van der Waals surface area contributed by atoms with Crippen LogP contribution in [0.25, 0.3) is 0 Å². The number of thiophene rings is 1. The summed E-state index contributed by atoms with van der Waals surface area (Å²) in [6.07, 6.45) is 2.72. The molecular formula is C20H21N3O3S. The molecule has 140 valence electrons. The molecule has 2 heterocycles. The van der Waals surface area contributed by atoms with E-state index in [1.807, 2.05) is 18.2 Å². The van der Waals surface area contributed by atoms with Gasteiger partial charge in [-0.25, -0.2) is 0 Å². The number of benzene rings is 1. The zero-order valence-corrected chi connectivity index (χ0v) is 15.9. The van der Waals surface area contributed by atoms with Gasteiger partial charge in [0.15, 0.2) is 0 Å². The lowest BCUT2D eigenvalue weighted by atomic mass is 9.88. The van der Waals surface area contributed by atoms with Crippen LogP contribution >= 0.6 is 11.3 Å². The van der Waals surface area contributed by atoms with E-state index >= 15 is 0 Å². The van der Waals surface area contributed by atoms with Crippen molar-refractivity contribution < 1.29 is 14.4 Å². The molecule has 0 radical (unpaired) electrons. The van der Waals surface area contributed by atoms with Crippen molar-refractivity contribution >= 4 is 34.1 Å². The molecule has 0 fully saturated rings. The van der Waals surface area contributed by atoms with Gasteiger partial charge in [-0.1, -0.05) is 25.1 Å². The van der Waals surface area contributed by atoms with Crippen molar-refractivity contribution in [3.05, 3.63) is 51.4 Å². The number of amides is 3. The predicted octanol–water partition coefficient (Wildman–Crippen LogP) is 2.57. The second-order valence-electron chi connectivity index (χ2n) is 7.29. The predicted molar refractivity (Wildman–Crippen MR) is 104 cm³/mol. The van der Waals surface area contributed by atoms with E-state index in [1.165, 1.54) is 16.2 Å². The molecule has 0 saturated heterocycles. The van der Waals surface area contributed by atoms with E-state index in [9.17, 15) is 14.4 Å². The summed E-state index contributed by atoms with van der Waals surface area (Å²) >= 11 is 1.43. The summed E-state index contributed by atoms with van der Waals surface area (Å²) in [5.74, 6) is -0.413. The standard InChI is InChI=1S/C20H21N3O3S/c1-11-6-7-14-15(8-11)27-19(17(14)18(21)25)22-16(24)10-23-9-12-4-2-3-5-13(12)20(23)26/h2-5,11H,6-10H2,1H3,(H2,21,25)(H,22,24). The Morgan fingerprint density at radius 3 is 2.85 bits per heavy atom. The van der Waals surface area contributed by atoms with Crippen molar-refractivity contribution in [1.82, 2.24) is 4.90 Å². The second kappa shape index (κ2) is 6.81. The first-order valence-corrected chi connectivity index (χ1v) is 9.87. The number of nitrogens with one attached hydrogen (secondary N) is 1. The van der Waals surface area contributed by atoms with Gasteiger partial charge in [-0.05, 0) is 42.4 Å². The average Bonchev–Trinajstić information content (AvgIpc) is 3.12. The van der Waals surface area contributed by atoms with E-state index in [4.69, 9.17) is 5.73 Å². The summed E-state index contributed by atoms with van der Waals surface area (Å²) in [5.41, 5.74) is 8.57. The van der Waals surface area contributed by atoms with E-state index in [-0.39, 0.29) is 18.4 Å². The van der Waals surface area contributed by atoms with Crippen LogP contribution < -0.4 is 11.1 Å². The van der Waals surface area contributed by atoms with Crippen LogP contribution in [-0.4, -0.2) is 29.2 Å². The summed E-state index contributed by atoms with van der Waals surface area (Å²) in [7, 11) is 0. The Morgan fingerprint density at radius 1 is 1.33 bits per heavy atom. The van der Waals surface area contributed by atoms with Crippen LogP contribution in [0.3, 0.4) is 0 Å². The van der Waals surface area contributed by atoms with Crippen molar-refractivity contribution in [2.45, 2.75) is 32.7 Å². The maximum Gasteiger partial charge on any atom is 0.254 e. The minimum absolute atomic E-state index is 0.0509. The van der Waals surface area contributed by atoms with Crippen LogP contribution in [0, 0.1) is 5.92 Å². The number of primary amides is 1. The minimum atomic E-state index is -0.512. The quantitative estimate of drug-likeness (QED) is 0.850. The number of hydrogen-bond donors (Lipinski definition) is 2. The summed E-state index contributed by atoms with van der Waals surface area (Å²) < 4.78 is 0. The first kappa shape index (κ1) is 17.7. The van der Waals surface area contributed by atoms with Crippen LogP contribution in [-0.2, 0) is 24.2 Å². The maximum absolute atomic E-state index is 12.6. The smallest absolute Gasteiger partial charge is 0.254 e. The van der Waals surface area contributed by atoms with Gasteiger partial charge in [0.25, 0.3) is 11.8 Å². The highest BCUT2D eigenvalue weighted by Gasteiger charge is 2.30. The summed E-state index contributed by atoms with van der Waals surface area (Å²) in [4.78, 5) is 39.6. The Labute approximate surface area is 161 Å². The van der Waals surface area contributed by atoms with Crippen molar-refractivity contribution in [3.8, 4) is 0 Å². The lowest BCUT2D eigenvalue weighted by Gasteiger charge is -2.18. The monoisotopic (exact) mass is 383 g/mol. The van der Waals surface area contributed by atoms with Gasteiger partial charge >= 0.3 is 0 Å². The third-order valence-electron chi connectivity index (χ3n) is 5.24. The normalized spacial score (nSPS) is 18.2. The Kier molecular flexibility index (Phi) is 4.47. The Hall–Kier alpha value is -2.67. The van der Waals surface area contributed by atoms with Crippen molar-refractivity contribution in [2.24, 2.45) is 11.7 Å². The van der Waals surface area contributed by atoms with E-state index < -0.39 is 5.91 Å². The zero-order chi connectivity index (χ0) is 19.1. The molecule has 3 N–H and O–H groups in total. The number of carbonyl (C=O) groups is 3. The number of carbonyl (C=O) groups excluding carboxylic acids is 3. The topological polar surface area (TPSA) is 92.5 Å². The summed E-state index contributed by atoms with van der Waals surface area (Å²) in [6.45, 7) is 2.55. The fourth-order valence-electron chi connectivity index (χ4n) is 3.88. The van der Waals surface area contributed by atoms with Gasteiger partial charge in [-0.15, -0.1) is 11.3 Å². The number of rotatable bonds is 4. The SMILES string of the molecule is CC1CCc2c(sc(NC(=O)CN3Cc4ccccc4C3=O)c2C(N)=O)C1. The molecule has 0 bridgehead atoms. The van der Waals surface area contributed by atoms with E-state index in [1.54, 1.807) is 6.07 Å². The Bertz CT molecular complexity index is 950. The van der Waals surface area contributed by atoms with Gasteiger partial charge in [-0.3, -0.25) is 14.4 Å². The van der Waals surface area contributed by atoms with Crippen LogP contribution in [0.1, 0.15) is 50.1 Å². The lowest BCUT2D eigenvalue weighted by Crippen LogP contribution is -2.33. The van der Waals surface area contributed by atoms with Crippen molar-refractivity contribution in [2.75, 3.05) is 11.9 Å². The molecule has 1 aromatic carbocycles. The molecular weight excluding hydrogens is 362 g/mol. The highest BCUT2D eigenvalue weighted by molar-refractivity contribution is 7.17. The lowest BCUT2D eigenvalue weighted by molar-refractivity contribution is -0.116. The fourth-order valence-corrected chi connectivity index (χ4v) is 5.31. The molecule has 2 aromatic rings. The minimum Gasteiger partial charge on any atom is -0.365 e. The van der Waals surface area contributed by atoms with Crippen LogP contribution in [0.5, 0.6) is 0 Å². The van der Waals surface area contributed by atoms with Gasteiger partial charge in [0.1, 0.15) is 11.5 Å². The zero-order valence-electron chi connectivity index (χ0n) is 15.1. The highest BCUT2D eigenvalue weighted by Crippen LogP contribution is 2.39. The molecule has 2 aliphatic rings. The van der Waals surface area contributed by atoms with Gasteiger partial charge < -0.3 is 16.0 Å². The van der Waals surface area contributed by atoms with Gasteiger partial charge in [-0.2, -0.15) is 0 Å². The molecule has 1 aromatic heterocycles. The molecule has 4 rings (SSSR count). The van der Waals surface area contributed by atoms with Crippen LogP contribution in [0.15, 0.2) is 24.3 Å². The highest BCUT2D eigenvalue weighted by atomic mass is 32.1. The molecule has 0 spiro atoms. The fraction of sp³-hybridized carbons (Fsp3) is 0.350. The molecule has 1 atom stereocenters. The third kappa shape index (κ3) is 3.23. The van der Waals surface area contributed by atoms with Gasteiger partial charge in [0, 0.05) is 17.0 Å². The number of hydrogen-bond acceptors (Lipinski definition) is 4. The number of fused-ring (bicyclic) bond motifs is 2. The Morgan fingerprint density at radius 2 is 2.11 bits per heavy atom. The van der Waals surface area contributed by atoms with Crippen LogP contribution in [0.2, 0.25) is 0 Å². The number of nitrogens with zero attached hydrogens (tertiary/aromatic N) is 1. The molecule has 6 nitrogen and oxygen atoms in total.